The van der Waals surface area contributed by atoms with Gasteiger partial charge in [0.15, 0.2) is 6.17 Å². The molecule has 3 aliphatic rings. The van der Waals surface area contributed by atoms with Crippen molar-refractivity contribution in [3.63, 3.8) is 0 Å². The third-order valence-electron chi connectivity index (χ3n) is 5.62. The summed E-state index contributed by atoms with van der Waals surface area (Å²) in [6.07, 6.45) is 7.09. The molecule has 2 aromatic carbocycles. The van der Waals surface area contributed by atoms with Gasteiger partial charge in [-0.25, -0.2) is 4.98 Å². The van der Waals surface area contributed by atoms with Gasteiger partial charge in [-0.3, -0.25) is 20.1 Å². The first-order chi connectivity index (χ1) is 15.7. The Kier molecular flexibility index (Phi) is 4.52. The van der Waals surface area contributed by atoms with Gasteiger partial charge in [-0.1, -0.05) is 60.2 Å². The second-order valence-electron chi connectivity index (χ2n) is 7.53. The summed E-state index contributed by atoms with van der Waals surface area (Å²) >= 11 is 7.44. The lowest BCUT2D eigenvalue weighted by molar-refractivity contribution is -0.119. The fourth-order valence-electron chi connectivity index (χ4n) is 4.11. The number of benzene rings is 2. The van der Waals surface area contributed by atoms with Crippen molar-refractivity contribution in [1.82, 2.24) is 4.98 Å². The number of rotatable bonds is 3. The third kappa shape index (κ3) is 3.09. The number of nitrogens with zero attached hydrogens (tertiary/aromatic N) is 4. The van der Waals surface area contributed by atoms with E-state index in [1.807, 2.05) is 78.2 Å². The van der Waals surface area contributed by atoms with Crippen LogP contribution in [0.1, 0.15) is 5.56 Å². The van der Waals surface area contributed by atoms with E-state index in [1.165, 1.54) is 11.3 Å². The minimum atomic E-state index is -0.495. The summed E-state index contributed by atoms with van der Waals surface area (Å²) in [7, 11) is 0. The second kappa shape index (κ2) is 7.55. The molecule has 3 aromatic rings. The molecule has 0 saturated heterocycles. The van der Waals surface area contributed by atoms with Gasteiger partial charge in [-0.15, -0.1) is 11.3 Å². The van der Waals surface area contributed by atoms with Gasteiger partial charge in [0.05, 0.1) is 23.0 Å². The van der Waals surface area contributed by atoms with E-state index in [0.717, 1.165) is 28.2 Å². The van der Waals surface area contributed by atoms with E-state index in [9.17, 15) is 4.79 Å². The van der Waals surface area contributed by atoms with Gasteiger partial charge in [0.2, 0.25) is 11.0 Å². The molecule has 2 unspecified atom stereocenters. The molecule has 6 rings (SSSR count). The molecule has 0 fully saturated rings. The highest BCUT2D eigenvalue weighted by molar-refractivity contribution is 7.14. The number of aromatic nitrogens is 1. The normalized spacial score (nSPS) is 21.9. The highest BCUT2D eigenvalue weighted by Gasteiger charge is 2.45. The fourth-order valence-corrected chi connectivity index (χ4v) is 4.90. The molecular formula is C24H16ClN5OS. The predicted molar refractivity (Wildman–Crippen MR) is 130 cm³/mol. The van der Waals surface area contributed by atoms with Crippen LogP contribution in [-0.2, 0) is 4.79 Å². The van der Waals surface area contributed by atoms with Crippen LogP contribution in [0.2, 0.25) is 5.02 Å². The van der Waals surface area contributed by atoms with E-state index in [4.69, 9.17) is 16.6 Å². The molecule has 1 aromatic heterocycles. The van der Waals surface area contributed by atoms with E-state index in [2.05, 4.69) is 15.5 Å². The third-order valence-corrected chi connectivity index (χ3v) is 6.62. The molecule has 156 valence electrons. The van der Waals surface area contributed by atoms with Crippen LogP contribution < -0.4 is 10.3 Å². The maximum Gasteiger partial charge on any atom is 0.242 e. The van der Waals surface area contributed by atoms with Gasteiger partial charge in [0, 0.05) is 21.5 Å². The summed E-state index contributed by atoms with van der Waals surface area (Å²) in [5.41, 5.74) is 8.09. The van der Waals surface area contributed by atoms with Crippen molar-refractivity contribution in [1.29, 1.82) is 0 Å². The molecule has 0 saturated carbocycles. The molecule has 1 aliphatic carbocycles. The van der Waals surface area contributed by atoms with E-state index in [0.29, 0.717) is 15.9 Å². The molecule has 2 atom stereocenters. The molecule has 32 heavy (non-hydrogen) atoms. The molecule has 0 radical (unpaired) electrons. The Morgan fingerprint density at radius 1 is 1.09 bits per heavy atom. The Labute approximate surface area is 193 Å². The summed E-state index contributed by atoms with van der Waals surface area (Å²) < 4.78 is 0. The molecule has 1 N–H and O–H groups in total. The number of fused-ring (bicyclic) bond motifs is 4. The molecule has 3 heterocycles. The number of carbonyl (C=O) groups excluding carboxylic acids is 1. The van der Waals surface area contributed by atoms with Crippen LogP contribution in [0.4, 0.5) is 10.8 Å². The van der Waals surface area contributed by atoms with Gasteiger partial charge in [-0.2, -0.15) is 5.10 Å². The number of hydrogen-bond donors (Lipinski definition) is 1. The summed E-state index contributed by atoms with van der Waals surface area (Å²) in [4.78, 5) is 24.5. The van der Waals surface area contributed by atoms with Crippen LogP contribution in [-0.4, -0.2) is 28.5 Å². The van der Waals surface area contributed by atoms with Crippen molar-refractivity contribution in [3.05, 3.63) is 88.8 Å². The first kappa shape index (κ1) is 19.2. The van der Waals surface area contributed by atoms with Crippen molar-refractivity contribution < 1.29 is 4.79 Å². The number of halogens is 1. The topological polar surface area (TPSA) is 70.0 Å². The number of allylic oxidation sites excluding steroid dienone is 3. The zero-order valence-corrected chi connectivity index (χ0v) is 18.2. The van der Waals surface area contributed by atoms with Crippen LogP contribution in [0.5, 0.6) is 0 Å². The lowest BCUT2D eigenvalue weighted by Crippen LogP contribution is -2.49. The Morgan fingerprint density at radius 3 is 2.81 bits per heavy atom. The summed E-state index contributed by atoms with van der Waals surface area (Å²) in [5, 5.41) is 7.98. The summed E-state index contributed by atoms with van der Waals surface area (Å²) in [5.74, 6) is -0.338. The zero-order chi connectivity index (χ0) is 21.7. The molecule has 6 nitrogen and oxygen atoms in total. The highest BCUT2D eigenvalue weighted by Crippen LogP contribution is 2.38. The number of amides is 1. The first-order valence-corrected chi connectivity index (χ1v) is 11.3. The van der Waals surface area contributed by atoms with Gasteiger partial charge in [0.25, 0.3) is 0 Å². The monoisotopic (exact) mass is 457 g/mol. The molecule has 0 bridgehead atoms. The van der Waals surface area contributed by atoms with Crippen LogP contribution in [0, 0.1) is 5.92 Å². The lowest BCUT2D eigenvalue weighted by Gasteiger charge is -2.32. The second-order valence-corrected chi connectivity index (χ2v) is 8.82. The number of para-hydroxylation sites is 1. The standard InChI is InChI=1S/C24H16ClN5OS/c25-15-11-9-14(10-12-15)19-13-32-24(27-19)29-28-21-17-6-2-4-8-20(17)30-22(21)26-18-7-3-1-5-16(18)23(30)31/h1-13,16,22H,(H,27,29)/b28-21-. The maximum absolute atomic E-state index is 13.3. The van der Waals surface area contributed by atoms with Gasteiger partial charge in [-0.05, 0) is 24.3 Å². The fraction of sp³-hybridized carbons (Fsp3) is 0.0833. The minimum Gasteiger partial charge on any atom is -0.282 e. The van der Waals surface area contributed by atoms with E-state index in [1.54, 1.807) is 4.90 Å². The van der Waals surface area contributed by atoms with Crippen molar-refractivity contribution in [2.45, 2.75) is 6.17 Å². The van der Waals surface area contributed by atoms with Crippen molar-refractivity contribution in [2.75, 3.05) is 10.3 Å². The number of aliphatic imine (C=N–C) groups is 1. The smallest absolute Gasteiger partial charge is 0.242 e. The van der Waals surface area contributed by atoms with Crippen molar-refractivity contribution in [2.24, 2.45) is 16.0 Å². The van der Waals surface area contributed by atoms with Crippen LogP contribution >= 0.6 is 22.9 Å². The largest absolute Gasteiger partial charge is 0.282 e. The number of thiazole rings is 1. The number of nitrogens with one attached hydrogen (secondary N) is 1. The minimum absolute atomic E-state index is 0.0116. The highest BCUT2D eigenvalue weighted by atomic mass is 35.5. The van der Waals surface area contributed by atoms with Crippen LogP contribution in [0.15, 0.2) is 88.3 Å². The Balaban J connectivity index is 1.35. The number of carbonyl (C=O) groups is 1. The lowest BCUT2D eigenvalue weighted by atomic mass is 9.94. The molecule has 1 amide bonds. The van der Waals surface area contributed by atoms with Gasteiger partial charge in [0.1, 0.15) is 5.71 Å². The van der Waals surface area contributed by atoms with Gasteiger partial charge < -0.3 is 0 Å². The Morgan fingerprint density at radius 2 is 1.94 bits per heavy atom. The Hall–Kier alpha value is -3.55. The van der Waals surface area contributed by atoms with Gasteiger partial charge >= 0.3 is 0 Å². The average Bonchev–Trinajstić information content (AvgIpc) is 3.41. The summed E-state index contributed by atoms with van der Waals surface area (Å²) in [6.45, 7) is 0. The number of hydrazone groups is 1. The number of hydrogen-bond acceptors (Lipinski definition) is 6. The first-order valence-electron chi connectivity index (χ1n) is 10.1. The van der Waals surface area contributed by atoms with E-state index in [-0.39, 0.29) is 11.8 Å². The number of anilines is 2. The SMILES string of the molecule is O=C1C2C=CC=CC2=NC2/C(=N\Nc3nc(-c4ccc(Cl)cc4)cs3)c3ccccc3N12. The molecule has 0 spiro atoms. The maximum atomic E-state index is 13.3. The molecule has 2 aliphatic heterocycles. The zero-order valence-electron chi connectivity index (χ0n) is 16.6. The van der Waals surface area contributed by atoms with Crippen molar-refractivity contribution >= 4 is 51.1 Å². The quantitative estimate of drug-likeness (QED) is 0.553. The molecular weight excluding hydrogens is 442 g/mol. The molecule has 8 heteroatoms. The van der Waals surface area contributed by atoms with Crippen LogP contribution in [0.25, 0.3) is 11.3 Å². The summed E-state index contributed by atoms with van der Waals surface area (Å²) in [6, 6.07) is 15.3. The predicted octanol–water partition coefficient (Wildman–Crippen LogP) is 5.15. The Bertz CT molecular complexity index is 1350. The average molecular weight is 458 g/mol. The van der Waals surface area contributed by atoms with Crippen LogP contribution in [0.3, 0.4) is 0 Å². The van der Waals surface area contributed by atoms with E-state index >= 15 is 0 Å². The van der Waals surface area contributed by atoms with Crippen molar-refractivity contribution in [3.8, 4) is 11.3 Å². The van der Waals surface area contributed by atoms with E-state index < -0.39 is 6.17 Å².